The van der Waals surface area contributed by atoms with E-state index in [1.54, 1.807) is 10.6 Å². The van der Waals surface area contributed by atoms with Gasteiger partial charge in [0.05, 0.1) is 22.6 Å². The third kappa shape index (κ3) is 5.81. The van der Waals surface area contributed by atoms with Gasteiger partial charge in [0.1, 0.15) is 5.82 Å². The smallest absolute Gasteiger partial charge is 0.314 e. The third-order valence-corrected chi connectivity index (χ3v) is 7.20. The zero-order chi connectivity index (χ0) is 28.1. The number of nitrogens with one attached hydrogen (secondary N) is 1. The van der Waals surface area contributed by atoms with Gasteiger partial charge in [-0.3, -0.25) is 9.36 Å². The van der Waals surface area contributed by atoms with Gasteiger partial charge in [0, 0.05) is 12.2 Å². The van der Waals surface area contributed by atoms with Gasteiger partial charge in [-0.1, -0.05) is 84.8 Å². The topological polar surface area (TPSA) is 67.2 Å². The summed E-state index contributed by atoms with van der Waals surface area (Å²) in [6.07, 6.45) is 1.24. The van der Waals surface area contributed by atoms with E-state index in [0.29, 0.717) is 36.1 Å². The fraction of sp³-hybridized carbons (Fsp3) is 0.206. The Morgan fingerprint density at radius 3 is 2.15 bits per heavy atom. The van der Waals surface area contributed by atoms with E-state index in [1.807, 2.05) is 111 Å². The van der Waals surface area contributed by atoms with E-state index in [0.717, 1.165) is 28.1 Å². The number of carbonyl (C=O) groups is 1. The van der Waals surface area contributed by atoms with Gasteiger partial charge in [0.15, 0.2) is 0 Å². The lowest BCUT2D eigenvalue weighted by Gasteiger charge is -2.32. The molecule has 0 radical (unpaired) electrons. The first-order valence-electron chi connectivity index (χ1n) is 13.7. The molecule has 4 aromatic carbocycles. The van der Waals surface area contributed by atoms with Gasteiger partial charge in [-0.25, -0.2) is 9.78 Å². The molecule has 0 spiro atoms. The Morgan fingerprint density at radius 1 is 0.850 bits per heavy atom. The second kappa shape index (κ2) is 12.0. The predicted octanol–water partition coefficient (Wildman–Crippen LogP) is 7.23. The molecular weight excluding hydrogens is 496 g/mol. The largest absolute Gasteiger partial charge is 0.322 e. The van der Waals surface area contributed by atoms with Crippen LogP contribution in [-0.4, -0.2) is 27.0 Å². The summed E-state index contributed by atoms with van der Waals surface area (Å²) in [7, 11) is 0. The highest BCUT2D eigenvalue weighted by Gasteiger charge is 2.29. The van der Waals surface area contributed by atoms with Crippen LogP contribution < -0.4 is 10.9 Å². The normalized spacial score (nSPS) is 11.8. The number of fused-ring (bicyclic) bond motifs is 1. The number of carbonyl (C=O) groups excluding carboxylic acids is 1. The summed E-state index contributed by atoms with van der Waals surface area (Å²) in [6.45, 7) is 6.51. The Balaban J connectivity index is 1.63. The average molecular weight is 531 g/mol. The Bertz CT molecular complexity index is 1660. The summed E-state index contributed by atoms with van der Waals surface area (Å²) in [4.78, 5) is 34.7. The lowest BCUT2D eigenvalue weighted by atomic mass is 10.1. The number of para-hydroxylation sites is 1. The summed E-state index contributed by atoms with van der Waals surface area (Å²) in [5.74, 6) is 0.544. The highest BCUT2D eigenvalue weighted by Crippen LogP contribution is 2.27. The first-order chi connectivity index (χ1) is 19.4. The van der Waals surface area contributed by atoms with Gasteiger partial charge in [-0.05, 0) is 68.7 Å². The van der Waals surface area contributed by atoms with Gasteiger partial charge >= 0.3 is 6.03 Å². The van der Waals surface area contributed by atoms with Crippen LogP contribution in [0.3, 0.4) is 0 Å². The lowest BCUT2D eigenvalue weighted by molar-refractivity contribution is 0.182. The highest BCUT2D eigenvalue weighted by atomic mass is 16.2. The first kappa shape index (κ1) is 26.9. The molecule has 1 unspecified atom stereocenters. The number of anilines is 1. The van der Waals surface area contributed by atoms with Crippen LogP contribution in [0.15, 0.2) is 108 Å². The molecule has 5 aromatic rings. The lowest BCUT2D eigenvalue weighted by Crippen LogP contribution is -2.42. The summed E-state index contributed by atoms with van der Waals surface area (Å²) in [5.41, 5.74) is 5.26. The molecule has 0 fully saturated rings. The van der Waals surface area contributed by atoms with Crippen LogP contribution in [0.25, 0.3) is 16.6 Å². The maximum absolute atomic E-state index is 14.0. The fourth-order valence-electron chi connectivity index (χ4n) is 4.98. The van der Waals surface area contributed by atoms with E-state index in [4.69, 9.17) is 4.98 Å². The number of aromatic nitrogens is 2. The third-order valence-electron chi connectivity index (χ3n) is 7.20. The van der Waals surface area contributed by atoms with Gasteiger partial charge < -0.3 is 10.2 Å². The maximum Gasteiger partial charge on any atom is 0.322 e. The Hall–Kier alpha value is -4.71. The molecular formula is C34H34N4O2. The number of nitrogens with zero attached hydrogens (tertiary/aromatic N) is 3. The zero-order valence-electron chi connectivity index (χ0n) is 23.2. The van der Waals surface area contributed by atoms with Crippen molar-refractivity contribution < 1.29 is 4.79 Å². The minimum Gasteiger partial charge on any atom is -0.314 e. The predicted molar refractivity (Wildman–Crippen MR) is 162 cm³/mol. The average Bonchev–Trinajstić information content (AvgIpc) is 2.97. The zero-order valence-corrected chi connectivity index (χ0v) is 23.2. The van der Waals surface area contributed by atoms with E-state index in [-0.39, 0.29) is 11.6 Å². The monoisotopic (exact) mass is 530 g/mol. The van der Waals surface area contributed by atoms with Crippen molar-refractivity contribution in [2.45, 2.75) is 39.7 Å². The van der Waals surface area contributed by atoms with Crippen LogP contribution in [0.2, 0.25) is 0 Å². The molecule has 0 saturated carbocycles. The van der Waals surface area contributed by atoms with E-state index in [1.165, 1.54) is 0 Å². The van der Waals surface area contributed by atoms with Crippen molar-refractivity contribution in [3.05, 3.63) is 136 Å². The summed E-state index contributed by atoms with van der Waals surface area (Å²) < 4.78 is 1.67. The quantitative estimate of drug-likeness (QED) is 0.230. The molecule has 1 aromatic heterocycles. The Kier molecular flexibility index (Phi) is 8.06. The van der Waals surface area contributed by atoms with E-state index in [9.17, 15) is 9.59 Å². The SMILES string of the molecule is CCC(c1nc2ccccc2c(=O)n1-c1ccc(C)cc1)N(CCc1ccccc1)C(=O)Nc1ccc(C)cc1. The number of urea groups is 1. The molecule has 40 heavy (non-hydrogen) atoms. The molecule has 1 atom stereocenters. The molecule has 6 nitrogen and oxygen atoms in total. The second-order valence-corrected chi connectivity index (χ2v) is 10.1. The van der Waals surface area contributed by atoms with Crippen molar-refractivity contribution in [1.82, 2.24) is 14.5 Å². The van der Waals surface area contributed by atoms with Crippen molar-refractivity contribution in [3.8, 4) is 5.69 Å². The molecule has 1 N–H and O–H groups in total. The van der Waals surface area contributed by atoms with Crippen molar-refractivity contribution >= 4 is 22.6 Å². The van der Waals surface area contributed by atoms with Gasteiger partial charge in [-0.15, -0.1) is 0 Å². The molecule has 0 aliphatic rings. The first-order valence-corrected chi connectivity index (χ1v) is 13.7. The second-order valence-electron chi connectivity index (χ2n) is 10.1. The molecule has 0 aliphatic carbocycles. The van der Waals surface area contributed by atoms with Crippen molar-refractivity contribution in [3.63, 3.8) is 0 Å². The van der Waals surface area contributed by atoms with Crippen molar-refractivity contribution in [1.29, 1.82) is 0 Å². The maximum atomic E-state index is 14.0. The minimum atomic E-state index is -0.451. The minimum absolute atomic E-state index is 0.148. The van der Waals surface area contributed by atoms with Crippen LogP contribution >= 0.6 is 0 Å². The van der Waals surface area contributed by atoms with E-state index in [2.05, 4.69) is 17.4 Å². The molecule has 0 saturated heterocycles. The molecule has 6 heteroatoms. The molecule has 0 aliphatic heterocycles. The molecule has 202 valence electrons. The summed E-state index contributed by atoms with van der Waals surface area (Å²) in [6, 6.07) is 32.4. The fourth-order valence-corrected chi connectivity index (χ4v) is 4.98. The molecule has 1 heterocycles. The molecule has 5 rings (SSSR count). The van der Waals surface area contributed by atoms with E-state index < -0.39 is 6.04 Å². The van der Waals surface area contributed by atoms with Crippen LogP contribution in [0.4, 0.5) is 10.5 Å². The van der Waals surface area contributed by atoms with Gasteiger partial charge in [0.25, 0.3) is 5.56 Å². The van der Waals surface area contributed by atoms with Crippen LogP contribution in [0.5, 0.6) is 0 Å². The van der Waals surface area contributed by atoms with Crippen LogP contribution in [0, 0.1) is 13.8 Å². The number of rotatable bonds is 8. The van der Waals surface area contributed by atoms with Crippen molar-refractivity contribution in [2.75, 3.05) is 11.9 Å². The van der Waals surface area contributed by atoms with Crippen LogP contribution in [0.1, 0.15) is 41.9 Å². The number of benzene rings is 4. The standard InChI is InChI=1S/C34H34N4O2/c1-4-31(32-36-30-13-9-8-12-29(30)33(39)38(32)28-20-16-25(3)17-21-28)37(23-22-26-10-6-5-7-11-26)34(40)35-27-18-14-24(2)15-19-27/h5-21,31H,4,22-23H2,1-3H3,(H,35,40). The number of hydrogen-bond donors (Lipinski definition) is 1. The highest BCUT2D eigenvalue weighted by molar-refractivity contribution is 5.89. The summed E-state index contributed by atoms with van der Waals surface area (Å²) in [5, 5.41) is 3.62. The molecule has 2 amide bonds. The van der Waals surface area contributed by atoms with Crippen molar-refractivity contribution in [2.24, 2.45) is 0 Å². The van der Waals surface area contributed by atoms with Gasteiger partial charge in [0.2, 0.25) is 0 Å². The van der Waals surface area contributed by atoms with E-state index >= 15 is 0 Å². The van der Waals surface area contributed by atoms with Crippen LogP contribution in [-0.2, 0) is 6.42 Å². The number of hydrogen-bond acceptors (Lipinski definition) is 3. The number of amides is 2. The Morgan fingerprint density at radius 2 is 1.48 bits per heavy atom. The summed E-state index contributed by atoms with van der Waals surface area (Å²) >= 11 is 0. The Labute approximate surface area is 234 Å². The molecule has 0 bridgehead atoms. The number of aryl methyl sites for hydroxylation is 2. The van der Waals surface area contributed by atoms with Gasteiger partial charge in [-0.2, -0.15) is 0 Å².